The molecule has 12 nitrogen and oxygen atoms in total. The quantitative estimate of drug-likeness (QED) is 0.302. The van der Waals surface area contributed by atoms with Crippen LogP contribution in [0.1, 0.15) is 96.1 Å². The number of aldehydes is 1. The molecule has 2 aliphatic heterocycles. The molecule has 50 heavy (non-hydrogen) atoms. The van der Waals surface area contributed by atoms with Crippen molar-refractivity contribution in [2.24, 2.45) is 0 Å². The Hall–Kier alpha value is -5.04. The molecule has 2 aromatic heterocycles. The van der Waals surface area contributed by atoms with Crippen molar-refractivity contribution in [1.82, 2.24) is 19.8 Å². The molecular weight excluding hydrogens is 636 g/mol. The van der Waals surface area contributed by atoms with Gasteiger partial charge in [-0.1, -0.05) is 6.92 Å². The van der Waals surface area contributed by atoms with Crippen LogP contribution >= 0.6 is 0 Å². The zero-order valence-corrected chi connectivity index (χ0v) is 29.3. The molecule has 0 aromatic carbocycles. The van der Waals surface area contributed by atoms with Crippen molar-refractivity contribution < 1.29 is 28.7 Å². The van der Waals surface area contributed by atoms with E-state index in [1.807, 2.05) is 0 Å². The number of aromatic nitrogens is 2. The second-order valence-corrected chi connectivity index (χ2v) is 13.5. The number of ketones is 3. The molecule has 0 N–H and O–H groups in total. The minimum atomic E-state index is -0.194. The summed E-state index contributed by atoms with van der Waals surface area (Å²) in [6.07, 6.45) is 7.74. The molecule has 0 unspecified atom stereocenters. The SMILES string of the molecule is CCC(=O)c1cc2c(cn1)CC(=O)C(C#N)=C2N1CCC(C)(OC)CC1.COC1(C)CCN(C2=C(C#N)C(=O)Cc3cnc(C=O)cc32)CC1. The van der Waals surface area contributed by atoms with E-state index in [1.54, 1.807) is 45.7 Å². The Morgan fingerprint density at radius 3 is 1.66 bits per heavy atom. The number of rotatable bonds is 7. The molecule has 2 aliphatic carbocycles. The average molecular weight is 679 g/mol. The van der Waals surface area contributed by atoms with Crippen molar-refractivity contribution in [3.8, 4) is 12.1 Å². The Morgan fingerprint density at radius 1 is 0.820 bits per heavy atom. The largest absolute Gasteiger partial charge is 0.378 e. The molecule has 0 spiro atoms. The third kappa shape index (κ3) is 7.14. The second-order valence-electron chi connectivity index (χ2n) is 13.5. The number of fused-ring (bicyclic) bond motifs is 2. The minimum Gasteiger partial charge on any atom is -0.378 e. The van der Waals surface area contributed by atoms with E-state index < -0.39 is 0 Å². The third-order valence-corrected chi connectivity index (χ3v) is 10.4. The molecule has 12 heteroatoms. The average Bonchev–Trinajstić information content (AvgIpc) is 3.14. The van der Waals surface area contributed by atoms with E-state index in [2.05, 4.69) is 45.8 Å². The maximum atomic E-state index is 12.5. The molecule has 2 aromatic rings. The fourth-order valence-electron chi connectivity index (χ4n) is 6.86. The Morgan fingerprint density at radius 2 is 1.26 bits per heavy atom. The van der Waals surface area contributed by atoms with Gasteiger partial charge in [0.25, 0.3) is 0 Å². The van der Waals surface area contributed by atoms with E-state index in [9.17, 15) is 29.7 Å². The highest BCUT2D eigenvalue weighted by Crippen LogP contribution is 2.38. The summed E-state index contributed by atoms with van der Waals surface area (Å²) in [5, 5.41) is 19.1. The highest BCUT2D eigenvalue weighted by atomic mass is 16.5. The molecule has 6 rings (SSSR count). The molecule has 0 radical (unpaired) electrons. The van der Waals surface area contributed by atoms with Gasteiger partial charge in [0.1, 0.15) is 34.7 Å². The fourth-order valence-corrected chi connectivity index (χ4v) is 6.86. The smallest absolute Gasteiger partial charge is 0.180 e. The number of hydrogen-bond acceptors (Lipinski definition) is 12. The lowest BCUT2D eigenvalue weighted by molar-refractivity contribution is -0.115. The lowest BCUT2D eigenvalue weighted by Gasteiger charge is -2.41. The van der Waals surface area contributed by atoms with Gasteiger partial charge in [0.15, 0.2) is 23.6 Å². The van der Waals surface area contributed by atoms with E-state index >= 15 is 0 Å². The molecule has 0 atom stereocenters. The first-order valence-corrected chi connectivity index (χ1v) is 16.9. The van der Waals surface area contributed by atoms with Crippen LogP contribution in [0, 0.1) is 22.7 Å². The van der Waals surface area contributed by atoms with Crippen LogP contribution in [0.2, 0.25) is 0 Å². The molecule has 2 saturated heterocycles. The Bertz CT molecular complexity index is 1870. The minimum absolute atomic E-state index is 0.0480. The summed E-state index contributed by atoms with van der Waals surface area (Å²) in [5.74, 6) is -0.430. The zero-order valence-electron chi connectivity index (χ0n) is 29.3. The van der Waals surface area contributed by atoms with Crippen LogP contribution in [0.4, 0.5) is 0 Å². The van der Waals surface area contributed by atoms with Crippen LogP contribution in [-0.4, -0.2) is 95.0 Å². The van der Waals surface area contributed by atoms with E-state index in [1.165, 1.54) is 0 Å². The molecule has 4 heterocycles. The Balaban J connectivity index is 0.000000195. The van der Waals surface area contributed by atoms with Gasteiger partial charge < -0.3 is 19.3 Å². The van der Waals surface area contributed by atoms with Crippen LogP contribution in [0.15, 0.2) is 35.7 Å². The van der Waals surface area contributed by atoms with E-state index in [4.69, 9.17) is 9.47 Å². The first-order valence-electron chi connectivity index (χ1n) is 16.9. The fraction of sp³-hybridized carbons (Fsp3) is 0.474. The van der Waals surface area contributed by atoms with E-state index in [-0.39, 0.29) is 52.5 Å². The standard InChI is InChI=1S/C20H23N3O3.C18H19N3O3/c1-4-17(24)16-10-14-13(12-22-16)9-18(25)15(11-21)19(14)23-7-5-20(2,26-3)6-8-23;1-18(24-2)3-5-21(6-4-18)17-14-8-13(11-22)20-10-12(14)7-16(23)15(17)9-19/h10,12H,4-9H2,1-3H3;8,10-11H,3-7H2,1-2H3. The summed E-state index contributed by atoms with van der Waals surface area (Å²) in [6, 6.07) is 7.57. The third-order valence-electron chi connectivity index (χ3n) is 10.4. The van der Waals surface area contributed by atoms with Crippen molar-refractivity contribution in [2.75, 3.05) is 40.4 Å². The Kier molecular flexibility index (Phi) is 10.8. The number of nitrogens with zero attached hydrogens (tertiary/aromatic N) is 6. The Labute approximate surface area is 292 Å². The number of ether oxygens (including phenoxy) is 2. The molecule has 4 aliphatic rings. The van der Waals surface area contributed by atoms with Gasteiger partial charge in [-0.05, 0) is 62.8 Å². The zero-order chi connectivity index (χ0) is 36.2. The lowest BCUT2D eigenvalue weighted by Crippen LogP contribution is -2.43. The predicted molar refractivity (Wildman–Crippen MR) is 183 cm³/mol. The summed E-state index contributed by atoms with van der Waals surface area (Å²) >= 11 is 0. The van der Waals surface area contributed by atoms with E-state index in [0.29, 0.717) is 61.7 Å². The topological polar surface area (TPSA) is 167 Å². The summed E-state index contributed by atoms with van der Waals surface area (Å²) in [5.41, 5.74) is 5.04. The maximum Gasteiger partial charge on any atom is 0.180 e. The number of carbonyl (C=O) groups excluding carboxylic acids is 4. The second kappa shape index (κ2) is 14.8. The van der Waals surface area contributed by atoms with Crippen LogP contribution in [0.5, 0.6) is 0 Å². The number of likely N-dealkylation sites (tertiary alicyclic amines) is 2. The van der Waals surface area contributed by atoms with Gasteiger partial charge in [-0.25, -0.2) is 0 Å². The van der Waals surface area contributed by atoms with Crippen molar-refractivity contribution in [1.29, 1.82) is 10.5 Å². The predicted octanol–water partition coefficient (Wildman–Crippen LogP) is 4.29. The molecule has 2 fully saturated rings. The summed E-state index contributed by atoms with van der Waals surface area (Å²) in [6.45, 7) is 8.70. The van der Waals surface area contributed by atoms with Gasteiger partial charge in [-0.15, -0.1) is 0 Å². The normalized spacial score (nSPS) is 19.4. The highest BCUT2D eigenvalue weighted by Gasteiger charge is 2.37. The van der Waals surface area contributed by atoms with Gasteiger partial charge in [0, 0.05) is 83.2 Å². The van der Waals surface area contributed by atoms with Gasteiger partial charge in [-0.3, -0.25) is 29.1 Å². The van der Waals surface area contributed by atoms with Gasteiger partial charge in [0.05, 0.1) is 22.6 Å². The number of piperidine rings is 2. The van der Waals surface area contributed by atoms with Crippen LogP contribution in [0.25, 0.3) is 11.4 Å². The van der Waals surface area contributed by atoms with Gasteiger partial charge >= 0.3 is 0 Å². The number of pyridine rings is 2. The number of hydrogen-bond donors (Lipinski definition) is 0. The molecule has 0 bridgehead atoms. The van der Waals surface area contributed by atoms with Crippen LogP contribution in [-0.2, 0) is 31.9 Å². The summed E-state index contributed by atoms with van der Waals surface area (Å²) < 4.78 is 11.2. The van der Waals surface area contributed by atoms with E-state index in [0.717, 1.165) is 47.9 Å². The van der Waals surface area contributed by atoms with Gasteiger partial charge in [-0.2, -0.15) is 10.5 Å². The monoisotopic (exact) mass is 678 g/mol. The maximum absolute atomic E-state index is 12.5. The molecule has 260 valence electrons. The van der Waals surface area contributed by atoms with Crippen molar-refractivity contribution in [2.45, 2.75) is 76.9 Å². The number of carbonyl (C=O) groups is 4. The summed E-state index contributed by atoms with van der Waals surface area (Å²) in [4.78, 5) is 60.4. The number of allylic oxidation sites excluding steroid dienone is 2. The number of nitriles is 2. The molecule has 0 saturated carbocycles. The van der Waals surface area contributed by atoms with Crippen LogP contribution in [0.3, 0.4) is 0 Å². The molecule has 0 amide bonds. The van der Waals surface area contributed by atoms with Crippen molar-refractivity contribution in [3.05, 3.63) is 69.3 Å². The molecular formula is C38H42N6O6. The first-order chi connectivity index (χ1) is 23.9. The summed E-state index contributed by atoms with van der Waals surface area (Å²) in [7, 11) is 3.42. The highest BCUT2D eigenvalue weighted by molar-refractivity contribution is 6.11. The van der Waals surface area contributed by atoms with Gasteiger partial charge in [0.2, 0.25) is 0 Å². The van der Waals surface area contributed by atoms with Crippen molar-refractivity contribution >= 4 is 35.0 Å². The number of methoxy groups -OCH3 is 2. The van der Waals surface area contributed by atoms with Crippen molar-refractivity contribution in [3.63, 3.8) is 0 Å². The lowest BCUT2D eigenvalue weighted by atomic mass is 9.86. The number of Topliss-reactive ketones (excluding diaryl/α,β-unsaturated/α-hetero) is 3. The first kappa shape index (κ1) is 36.2. The van der Waals surface area contributed by atoms with Crippen LogP contribution < -0.4 is 0 Å².